The number of amides is 1. The van der Waals surface area contributed by atoms with Crippen LogP contribution in [0.25, 0.3) is 0 Å². The smallest absolute Gasteiger partial charge is 0.387 e. The van der Waals surface area contributed by atoms with Crippen LogP contribution in [0.3, 0.4) is 0 Å². The van der Waals surface area contributed by atoms with Crippen molar-refractivity contribution < 1.29 is 32.9 Å². The Morgan fingerprint density at radius 3 is 1.28 bits per heavy atom. The highest BCUT2D eigenvalue weighted by Gasteiger charge is 2.27. The van der Waals surface area contributed by atoms with Crippen molar-refractivity contribution in [1.29, 1.82) is 0 Å². The van der Waals surface area contributed by atoms with Crippen molar-refractivity contribution in [3.8, 4) is 0 Å². The van der Waals surface area contributed by atoms with Gasteiger partial charge in [-0.15, -0.1) is 0 Å². The molecule has 0 rings (SSSR count). The average Bonchev–Trinajstić information content (AvgIpc) is 3.34. The second-order valence-electron chi connectivity index (χ2n) is 21.7. The summed E-state index contributed by atoms with van der Waals surface area (Å²) in [5.41, 5.74) is 0. The number of carbonyl (C=O) groups is 1. The van der Waals surface area contributed by atoms with Crippen LogP contribution in [0.5, 0.6) is 0 Å². The quantitative estimate of drug-likeness (QED) is 0.0243. The number of hydrogen-bond acceptors (Lipinski definition) is 5. The second-order valence-corrected chi connectivity index (χ2v) is 23.1. The molecule has 0 saturated carbocycles. The van der Waals surface area contributed by atoms with E-state index in [1.165, 1.54) is 180 Å². The third-order valence-electron chi connectivity index (χ3n) is 13.4. The van der Waals surface area contributed by atoms with Crippen LogP contribution in [0.4, 0.5) is 0 Å². The number of hydrogen-bond donors (Lipinski definition) is 3. The largest absolute Gasteiger partial charge is 0.472 e. The average molecular weight is 1030 g/mol. The molecule has 420 valence electrons. The summed E-state index contributed by atoms with van der Waals surface area (Å²) in [6.07, 6.45) is 74.5. The molecule has 9 heteroatoms. The van der Waals surface area contributed by atoms with E-state index >= 15 is 0 Å². The number of carbonyl (C=O) groups excluding carboxylic acids is 1. The first-order valence-corrected chi connectivity index (χ1v) is 31.8. The molecule has 1 amide bonds. The monoisotopic (exact) mass is 1030 g/mol. The van der Waals surface area contributed by atoms with E-state index in [0.29, 0.717) is 17.4 Å². The van der Waals surface area contributed by atoms with E-state index in [0.717, 1.165) is 70.6 Å². The fraction of sp³-hybridized carbons (Fsp3) is 0.794. The maximum atomic E-state index is 13.0. The normalized spacial score (nSPS) is 14.4. The molecular formula is C63H118N2O6P+. The SMILES string of the molecule is CC/C=C\C/C=C\C/C=C\C/C=C\CCCCCCCCCCC(=O)NC(COP(=O)(O)OCC[N+](C)(C)C)C(O)/C=C/CC/C=C/CCCCCCCCCCCCCCCCCCCCCCCCC. The number of likely N-dealkylation sites (N-methyl/N-ethyl adjacent to an activating group) is 1. The van der Waals surface area contributed by atoms with Crippen LogP contribution in [0, 0.1) is 0 Å². The molecule has 0 aromatic carbocycles. The fourth-order valence-electron chi connectivity index (χ4n) is 8.70. The highest BCUT2D eigenvalue weighted by atomic mass is 31.2. The minimum atomic E-state index is -4.36. The molecule has 0 radical (unpaired) electrons. The molecule has 3 atom stereocenters. The molecular weight excluding hydrogens is 912 g/mol. The third kappa shape index (κ3) is 55.7. The van der Waals surface area contributed by atoms with Crippen LogP contribution in [0.2, 0.25) is 0 Å². The lowest BCUT2D eigenvalue weighted by atomic mass is 10.0. The molecule has 3 unspecified atom stereocenters. The minimum Gasteiger partial charge on any atom is -0.387 e. The van der Waals surface area contributed by atoms with Crippen molar-refractivity contribution in [2.45, 2.75) is 283 Å². The van der Waals surface area contributed by atoms with E-state index in [4.69, 9.17) is 9.05 Å². The lowest BCUT2D eigenvalue weighted by Crippen LogP contribution is -2.45. The number of allylic oxidation sites excluding steroid dienone is 11. The number of nitrogens with zero attached hydrogens (tertiary/aromatic N) is 1. The van der Waals surface area contributed by atoms with Crippen molar-refractivity contribution in [3.63, 3.8) is 0 Å². The Morgan fingerprint density at radius 1 is 0.486 bits per heavy atom. The maximum Gasteiger partial charge on any atom is 0.472 e. The third-order valence-corrected chi connectivity index (χ3v) is 14.4. The number of unbranched alkanes of at least 4 members (excludes halogenated alkanes) is 32. The Kier molecular flexibility index (Phi) is 52.2. The molecule has 3 N–H and O–H groups in total. The number of phosphoric acid groups is 1. The first kappa shape index (κ1) is 69.9. The highest BCUT2D eigenvalue weighted by Crippen LogP contribution is 2.43. The second kappa shape index (κ2) is 53.8. The summed E-state index contributed by atoms with van der Waals surface area (Å²) in [4.78, 5) is 23.3. The van der Waals surface area contributed by atoms with E-state index < -0.39 is 20.0 Å². The Labute approximate surface area is 446 Å². The van der Waals surface area contributed by atoms with Crippen molar-refractivity contribution >= 4 is 13.7 Å². The number of quaternary nitrogens is 1. The number of nitrogens with one attached hydrogen (secondary N) is 1. The number of aliphatic hydroxyl groups is 1. The zero-order valence-corrected chi connectivity index (χ0v) is 48.8. The van der Waals surface area contributed by atoms with Gasteiger partial charge >= 0.3 is 7.82 Å². The Balaban J connectivity index is 4.22. The Bertz CT molecular complexity index is 1400. The molecule has 0 aliphatic rings. The van der Waals surface area contributed by atoms with Gasteiger partial charge in [0.25, 0.3) is 0 Å². The molecule has 0 aliphatic heterocycles. The van der Waals surface area contributed by atoms with E-state index in [1.807, 2.05) is 27.2 Å². The first-order valence-electron chi connectivity index (χ1n) is 30.3. The van der Waals surface area contributed by atoms with E-state index in [9.17, 15) is 19.4 Å². The summed E-state index contributed by atoms with van der Waals surface area (Å²) in [5.74, 6) is -0.195. The van der Waals surface area contributed by atoms with Gasteiger partial charge < -0.3 is 19.8 Å². The minimum absolute atomic E-state index is 0.0515. The van der Waals surface area contributed by atoms with Crippen molar-refractivity contribution in [2.75, 3.05) is 40.9 Å². The molecule has 0 aromatic heterocycles. The molecule has 72 heavy (non-hydrogen) atoms. The summed E-state index contributed by atoms with van der Waals surface area (Å²) in [6, 6.07) is -0.873. The molecule has 0 aromatic rings. The van der Waals surface area contributed by atoms with Gasteiger partial charge in [-0.05, 0) is 70.6 Å². The standard InChI is InChI=1S/C63H117N2O6P/c1-6-8-10-12-14-16-18-20-22-24-26-28-29-30-31-32-33-34-35-37-38-40-42-44-46-48-50-52-54-56-62(66)61(60-71-72(68,69)70-59-58-65(3,4)5)64-63(67)57-55-53-51-49-47-45-43-41-39-36-27-25-23-21-19-17-15-13-11-9-7-2/h9,11,15,17,21,23,27,36,46,48,54,56,61-62,66H,6-8,10,12-14,16,18-20,22,24-26,28-35,37-45,47,49-53,55,57-60H2,1-5H3,(H-,64,67,68,69)/p+1/b11-9-,17-15-,23-21-,36-27-,48-46+,56-54+. The van der Waals surface area contributed by atoms with Gasteiger partial charge in [-0.3, -0.25) is 13.8 Å². The van der Waals surface area contributed by atoms with Crippen LogP contribution in [0.15, 0.2) is 72.9 Å². The van der Waals surface area contributed by atoms with Gasteiger partial charge in [0.05, 0.1) is 39.9 Å². The Morgan fingerprint density at radius 2 is 0.847 bits per heavy atom. The summed E-state index contributed by atoms with van der Waals surface area (Å²) >= 11 is 0. The molecule has 0 fully saturated rings. The predicted molar refractivity (Wildman–Crippen MR) is 313 cm³/mol. The molecule has 8 nitrogen and oxygen atoms in total. The van der Waals surface area contributed by atoms with Gasteiger partial charge in [0.1, 0.15) is 13.2 Å². The molecule has 0 saturated heterocycles. The van der Waals surface area contributed by atoms with Crippen LogP contribution >= 0.6 is 7.82 Å². The summed E-state index contributed by atoms with van der Waals surface area (Å²) in [7, 11) is 1.55. The van der Waals surface area contributed by atoms with Crippen molar-refractivity contribution in [3.05, 3.63) is 72.9 Å². The topological polar surface area (TPSA) is 105 Å². The molecule has 0 bridgehead atoms. The lowest BCUT2D eigenvalue weighted by Gasteiger charge is -2.25. The van der Waals surface area contributed by atoms with Gasteiger partial charge in [-0.1, -0.05) is 267 Å². The number of rotatable bonds is 55. The van der Waals surface area contributed by atoms with E-state index in [2.05, 4.69) is 79.9 Å². The van der Waals surface area contributed by atoms with Crippen LogP contribution in [0.1, 0.15) is 271 Å². The Hall–Kier alpha value is -2.06. The maximum absolute atomic E-state index is 13.0. The van der Waals surface area contributed by atoms with E-state index in [1.54, 1.807) is 6.08 Å². The van der Waals surface area contributed by atoms with Crippen LogP contribution < -0.4 is 5.32 Å². The van der Waals surface area contributed by atoms with Gasteiger partial charge in [0, 0.05) is 6.42 Å². The van der Waals surface area contributed by atoms with E-state index in [-0.39, 0.29) is 19.1 Å². The first-order chi connectivity index (χ1) is 35.0. The molecule has 0 spiro atoms. The van der Waals surface area contributed by atoms with Gasteiger partial charge in [0.15, 0.2) is 0 Å². The summed E-state index contributed by atoms with van der Waals surface area (Å²) in [6.45, 7) is 4.70. The summed E-state index contributed by atoms with van der Waals surface area (Å²) in [5, 5.41) is 13.9. The predicted octanol–water partition coefficient (Wildman–Crippen LogP) is 18.7. The number of phosphoric ester groups is 1. The van der Waals surface area contributed by atoms with Crippen molar-refractivity contribution in [1.82, 2.24) is 5.32 Å². The molecule has 0 heterocycles. The van der Waals surface area contributed by atoms with Crippen LogP contribution in [-0.4, -0.2) is 73.4 Å². The summed E-state index contributed by atoms with van der Waals surface area (Å²) < 4.78 is 23.7. The van der Waals surface area contributed by atoms with Crippen LogP contribution in [-0.2, 0) is 18.4 Å². The number of aliphatic hydroxyl groups excluding tert-OH is 1. The van der Waals surface area contributed by atoms with Gasteiger partial charge in [-0.25, -0.2) is 4.57 Å². The fourth-order valence-corrected chi connectivity index (χ4v) is 9.43. The highest BCUT2D eigenvalue weighted by molar-refractivity contribution is 7.47. The lowest BCUT2D eigenvalue weighted by molar-refractivity contribution is -0.870. The van der Waals surface area contributed by atoms with Crippen molar-refractivity contribution in [2.24, 2.45) is 0 Å². The van der Waals surface area contributed by atoms with Gasteiger partial charge in [0.2, 0.25) is 5.91 Å². The zero-order chi connectivity index (χ0) is 52.7. The van der Waals surface area contributed by atoms with Gasteiger partial charge in [-0.2, -0.15) is 0 Å². The molecule has 0 aliphatic carbocycles. The zero-order valence-electron chi connectivity index (χ0n) is 47.9.